The first-order chi connectivity index (χ1) is 15.0. The van der Waals surface area contributed by atoms with Crippen LogP contribution < -0.4 is 4.74 Å². The number of para-hydroxylation sites is 1. The summed E-state index contributed by atoms with van der Waals surface area (Å²) in [6.45, 7) is 4.53. The van der Waals surface area contributed by atoms with E-state index in [1.807, 2.05) is 29.2 Å². The number of likely N-dealkylation sites (tertiary alicyclic amines) is 2. The third kappa shape index (κ3) is 4.93. The van der Waals surface area contributed by atoms with Crippen molar-refractivity contribution in [1.29, 1.82) is 0 Å². The molecule has 1 saturated carbocycles. The third-order valence-corrected chi connectivity index (χ3v) is 7.84. The summed E-state index contributed by atoms with van der Waals surface area (Å²) in [5, 5.41) is 11.6. The zero-order valence-electron chi connectivity index (χ0n) is 19.4. The van der Waals surface area contributed by atoms with Gasteiger partial charge in [0, 0.05) is 24.7 Å². The first-order valence-corrected chi connectivity index (χ1v) is 12.5. The highest BCUT2D eigenvalue weighted by molar-refractivity contribution is 5.80. The van der Waals surface area contributed by atoms with Crippen LogP contribution in [0.2, 0.25) is 0 Å². The molecule has 3 aliphatic rings. The molecule has 2 heterocycles. The largest absolute Gasteiger partial charge is 0.490 e. The molecule has 5 heteroatoms. The fourth-order valence-corrected chi connectivity index (χ4v) is 5.97. The van der Waals surface area contributed by atoms with Crippen LogP contribution in [0.5, 0.6) is 5.75 Å². The van der Waals surface area contributed by atoms with Gasteiger partial charge in [0.1, 0.15) is 5.75 Å². The molecule has 2 atom stereocenters. The van der Waals surface area contributed by atoms with Crippen molar-refractivity contribution < 1.29 is 14.6 Å². The van der Waals surface area contributed by atoms with E-state index >= 15 is 0 Å². The van der Waals surface area contributed by atoms with E-state index in [4.69, 9.17) is 4.74 Å². The average Bonchev–Trinajstić information content (AvgIpc) is 3.29. The molecule has 172 valence electrons. The molecule has 1 aromatic rings. The maximum absolute atomic E-state index is 13.4. The molecule has 0 radical (unpaired) electrons. The van der Waals surface area contributed by atoms with Gasteiger partial charge in [-0.2, -0.15) is 0 Å². The lowest BCUT2D eigenvalue weighted by atomic mass is 9.82. The van der Waals surface area contributed by atoms with E-state index in [0.717, 1.165) is 56.4 Å². The van der Waals surface area contributed by atoms with Crippen LogP contribution in [0.15, 0.2) is 24.3 Å². The lowest BCUT2D eigenvalue weighted by Gasteiger charge is -2.44. The van der Waals surface area contributed by atoms with Crippen LogP contribution in [0, 0.1) is 5.92 Å². The van der Waals surface area contributed by atoms with E-state index in [2.05, 4.69) is 18.9 Å². The first-order valence-electron chi connectivity index (χ1n) is 12.5. The average molecular weight is 429 g/mol. The second-order valence-corrected chi connectivity index (χ2v) is 9.96. The minimum Gasteiger partial charge on any atom is -0.490 e. The molecule has 31 heavy (non-hydrogen) atoms. The Morgan fingerprint density at radius 2 is 1.81 bits per heavy atom. The van der Waals surface area contributed by atoms with Gasteiger partial charge in [0.2, 0.25) is 5.91 Å². The summed E-state index contributed by atoms with van der Waals surface area (Å²) >= 11 is 0. The summed E-state index contributed by atoms with van der Waals surface area (Å²) in [7, 11) is 2.16. The lowest BCUT2D eigenvalue weighted by molar-refractivity contribution is -0.144. The van der Waals surface area contributed by atoms with E-state index in [1.165, 1.54) is 12.8 Å². The number of amides is 1. The Hall–Kier alpha value is -1.59. The topological polar surface area (TPSA) is 53.0 Å². The molecule has 1 amide bonds. The second kappa shape index (κ2) is 9.91. The number of nitrogens with zero attached hydrogens (tertiary/aromatic N) is 2. The first kappa shape index (κ1) is 22.6. The van der Waals surface area contributed by atoms with Crippen molar-refractivity contribution >= 4 is 5.91 Å². The van der Waals surface area contributed by atoms with E-state index < -0.39 is 5.60 Å². The number of rotatable bonds is 6. The fraction of sp³-hybridized carbons (Fsp3) is 0.731. The van der Waals surface area contributed by atoms with Gasteiger partial charge in [-0.1, -0.05) is 31.5 Å². The third-order valence-electron chi connectivity index (χ3n) is 7.84. The number of benzene rings is 1. The molecule has 1 unspecified atom stereocenters. The normalized spacial score (nSPS) is 27.4. The van der Waals surface area contributed by atoms with Crippen molar-refractivity contribution in [2.45, 2.75) is 88.9 Å². The Balaban J connectivity index is 1.42. The molecule has 0 aromatic heterocycles. The monoisotopic (exact) mass is 428 g/mol. The molecular weight excluding hydrogens is 388 g/mol. The van der Waals surface area contributed by atoms with E-state index in [0.29, 0.717) is 37.9 Å². The van der Waals surface area contributed by atoms with Crippen molar-refractivity contribution in [2.24, 2.45) is 5.92 Å². The van der Waals surface area contributed by atoms with Crippen molar-refractivity contribution in [2.75, 3.05) is 26.7 Å². The lowest BCUT2D eigenvalue weighted by Crippen LogP contribution is -2.53. The molecule has 3 fully saturated rings. The highest BCUT2D eigenvalue weighted by atomic mass is 16.5. The minimum absolute atomic E-state index is 0.0999. The fourth-order valence-electron chi connectivity index (χ4n) is 5.97. The van der Waals surface area contributed by atoms with Crippen LogP contribution in [0.3, 0.4) is 0 Å². The van der Waals surface area contributed by atoms with Crippen LogP contribution in [0.25, 0.3) is 0 Å². The molecule has 0 bridgehead atoms. The van der Waals surface area contributed by atoms with Gasteiger partial charge in [0.25, 0.3) is 0 Å². The number of piperidine rings is 2. The van der Waals surface area contributed by atoms with Gasteiger partial charge in [0.15, 0.2) is 0 Å². The van der Waals surface area contributed by atoms with Crippen molar-refractivity contribution in [3.63, 3.8) is 0 Å². The van der Waals surface area contributed by atoms with Gasteiger partial charge in [0.05, 0.1) is 17.6 Å². The van der Waals surface area contributed by atoms with Gasteiger partial charge in [-0.05, 0) is 77.4 Å². The number of hydrogen-bond donors (Lipinski definition) is 1. The quantitative estimate of drug-likeness (QED) is 0.733. The molecule has 5 nitrogen and oxygen atoms in total. The number of hydrogen-bond acceptors (Lipinski definition) is 4. The molecule has 1 aliphatic carbocycles. The van der Waals surface area contributed by atoms with Crippen LogP contribution in [-0.4, -0.2) is 59.6 Å². The van der Waals surface area contributed by atoms with Gasteiger partial charge >= 0.3 is 0 Å². The SMILES string of the molecule is CCC[C@@H]1C(C(=O)N2CCC(O)(c3ccccc3OC3CCCC3)CC2)CCCN1C. The van der Waals surface area contributed by atoms with Gasteiger partial charge in [-0.25, -0.2) is 0 Å². The Bertz CT molecular complexity index is 738. The maximum atomic E-state index is 13.4. The number of aliphatic hydroxyl groups is 1. The Labute approximate surface area is 187 Å². The zero-order valence-corrected chi connectivity index (χ0v) is 19.4. The van der Waals surface area contributed by atoms with E-state index in [1.54, 1.807) is 0 Å². The number of ether oxygens (including phenoxy) is 1. The van der Waals surface area contributed by atoms with E-state index in [-0.39, 0.29) is 12.0 Å². The molecule has 1 N–H and O–H groups in total. The highest BCUT2D eigenvalue weighted by Gasteiger charge is 2.41. The predicted molar refractivity (Wildman–Crippen MR) is 123 cm³/mol. The molecule has 0 spiro atoms. The summed E-state index contributed by atoms with van der Waals surface area (Å²) < 4.78 is 6.30. The van der Waals surface area contributed by atoms with Crippen LogP contribution >= 0.6 is 0 Å². The molecular formula is C26H40N2O3. The zero-order chi connectivity index (χ0) is 21.8. The standard InChI is InChI=1S/C26H40N2O3/c1-3-9-23-21(12-8-17-27(23)2)25(29)28-18-15-26(30,16-19-28)22-13-6-7-14-24(22)31-20-10-4-5-11-20/h6-7,13-14,20-21,23,30H,3-5,8-12,15-19H2,1-2H3/t21?,23-/m1/s1. The molecule has 2 saturated heterocycles. The maximum Gasteiger partial charge on any atom is 0.227 e. The van der Waals surface area contributed by atoms with Gasteiger partial charge in [-0.3, -0.25) is 4.79 Å². The van der Waals surface area contributed by atoms with Crippen LogP contribution in [0.4, 0.5) is 0 Å². The van der Waals surface area contributed by atoms with Gasteiger partial charge < -0.3 is 19.6 Å². The summed E-state index contributed by atoms with van der Waals surface area (Å²) in [6.07, 6.45) is 10.3. The van der Waals surface area contributed by atoms with Crippen molar-refractivity contribution in [1.82, 2.24) is 9.80 Å². The summed E-state index contributed by atoms with van der Waals surface area (Å²) in [6, 6.07) is 8.33. The molecule has 1 aromatic carbocycles. The minimum atomic E-state index is -0.918. The smallest absolute Gasteiger partial charge is 0.227 e. The summed E-state index contributed by atoms with van der Waals surface area (Å²) in [4.78, 5) is 17.8. The Morgan fingerprint density at radius 1 is 1.10 bits per heavy atom. The molecule has 2 aliphatic heterocycles. The van der Waals surface area contributed by atoms with Crippen molar-refractivity contribution in [3.8, 4) is 5.75 Å². The number of carbonyl (C=O) groups excluding carboxylic acids is 1. The van der Waals surface area contributed by atoms with Crippen molar-refractivity contribution in [3.05, 3.63) is 29.8 Å². The summed E-state index contributed by atoms with van der Waals surface area (Å²) in [5.74, 6) is 1.22. The predicted octanol–water partition coefficient (Wildman–Crippen LogP) is 4.33. The Morgan fingerprint density at radius 3 is 2.52 bits per heavy atom. The highest BCUT2D eigenvalue weighted by Crippen LogP contribution is 2.40. The van der Waals surface area contributed by atoms with Gasteiger partial charge in [-0.15, -0.1) is 0 Å². The van der Waals surface area contributed by atoms with Crippen LogP contribution in [-0.2, 0) is 10.4 Å². The van der Waals surface area contributed by atoms with Crippen LogP contribution in [0.1, 0.15) is 76.7 Å². The summed E-state index contributed by atoms with van der Waals surface area (Å²) in [5.41, 5.74) is -0.0201. The second-order valence-electron chi connectivity index (χ2n) is 9.96. The molecule has 4 rings (SSSR count). The Kier molecular flexibility index (Phi) is 7.22. The van der Waals surface area contributed by atoms with E-state index in [9.17, 15) is 9.90 Å². The number of carbonyl (C=O) groups is 1.